The van der Waals surface area contributed by atoms with Crippen LogP contribution in [0.25, 0.3) is 0 Å². The van der Waals surface area contributed by atoms with Gasteiger partial charge in [0.25, 0.3) is 0 Å². The minimum atomic E-state index is -0.295. The molecule has 2 heterocycles. The zero-order valence-electron chi connectivity index (χ0n) is 9.56. The van der Waals surface area contributed by atoms with Crippen molar-refractivity contribution >= 4 is 5.91 Å². The van der Waals surface area contributed by atoms with E-state index in [1.807, 2.05) is 0 Å². The highest BCUT2D eigenvalue weighted by Gasteiger charge is 2.58. The Bertz CT molecular complexity index is 391. The molecule has 5 atom stereocenters. The lowest BCUT2D eigenvalue weighted by Crippen LogP contribution is -2.60. The molecule has 4 rings (SSSR count). The number of hydrogen-bond acceptors (Lipinski definition) is 2. The van der Waals surface area contributed by atoms with Crippen molar-refractivity contribution in [3.63, 3.8) is 0 Å². The van der Waals surface area contributed by atoms with Crippen LogP contribution >= 0.6 is 0 Å². The Labute approximate surface area is 95.4 Å². The molecule has 3 nitrogen and oxygen atoms in total. The van der Waals surface area contributed by atoms with E-state index < -0.39 is 0 Å². The number of carbonyl (C=O) groups is 1. The number of rotatable bonds is 0. The second-order valence-corrected chi connectivity index (χ2v) is 5.85. The average molecular weight is 219 g/mol. The quantitative estimate of drug-likeness (QED) is 0.578. The Morgan fingerprint density at radius 3 is 3.12 bits per heavy atom. The second-order valence-electron chi connectivity index (χ2n) is 5.85. The molecule has 0 N–H and O–H groups in total. The number of ether oxygens (including phenoxy) is 1. The molecule has 1 saturated carbocycles. The maximum absolute atomic E-state index is 12.1. The van der Waals surface area contributed by atoms with Gasteiger partial charge in [0, 0.05) is 24.8 Å². The van der Waals surface area contributed by atoms with E-state index in [1.54, 1.807) is 0 Å². The summed E-state index contributed by atoms with van der Waals surface area (Å²) < 4.78 is 6.00. The van der Waals surface area contributed by atoms with E-state index in [0.29, 0.717) is 36.1 Å². The van der Waals surface area contributed by atoms with E-state index in [9.17, 15) is 4.79 Å². The van der Waals surface area contributed by atoms with Gasteiger partial charge in [-0.1, -0.05) is 12.2 Å². The molecule has 2 bridgehead atoms. The maximum atomic E-state index is 12.1. The molecular formula is C13H17NO2. The molecule has 86 valence electrons. The fourth-order valence-corrected chi connectivity index (χ4v) is 4.25. The topological polar surface area (TPSA) is 29.5 Å². The third-order valence-electron chi connectivity index (χ3n) is 5.04. The van der Waals surface area contributed by atoms with Gasteiger partial charge in [-0.2, -0.15) is 0 Å². The SMILES string of the molecule is C[C@]12CCC(=O)N1[C@@H]1[C@H](CO2)[C@H]2C=C[C@@H]1C2. The molecule has 0 aromatic carbocycles. The Hall–Kier alpha value is -0.830. The number of hydrogen-bond donors (Lipinski definition) is 0. The predicted octanol–water partition coefficient (Wildman–Crippen LogP) is 1.55. The van der Waals surface area contributed by atoms with Crippen LogP contribution in [0.2, 0.25) is 0 Å². The number of amides is 1. The summed E-state index contributed by atoms with van der Waals surface area (Å²) in [5.41, 5.74) is -0.295. The molecule has 1 amide bonds. The van der Waals surface area contributed by atoms with Crippen LogP contribution in [0.4, 0.5) is 0 Å². The van der Waals surface area contributed by atoms with Crippen LogP contribution in [0.15, 0.2) is 12.2 Å². The molecule has 0 aromatic heterocycles. The molecular weight excluding hydrogens is 202 g/mol. The van der Waals surface area contributed by atoms with Gasteiger partial charge in [0.05, 0.1) is 6.61 Å². The Morgan fingerprint density at radius 1 is 1.44 bits per heavy atom. The number of allylic oxidation sites excluding steroid dienone is 1. The molecule has 0 unspecified atom stereocenters. The summed E-state index contributed by atoms with van der Waals surface area (Å²) in [7, 11) is 0. The molecule has 0 spiro atoms. The smallest absolute Gasteiger partial charge is 0.225 e. The summed E-state index contributed by atoms with van der Waals surface area (Å²) in [5.74, 6) is 2.12. The first-order valence-electron chi connectivity index (χ1n) is 6.33. The van der Waals surface area contributed by atoms with E-state index >= 15 is 0 Å². The summed E-state index contributed by atoms with van der Waals surface area (Å²) in [5, 5.41) is 0. The molecule has 2 aliphatic carbocycles. The van der Waals surface area contributed by atoms with E-state index in [2.05, 4.69) is 24.0 Å². The zero-order valence-corrected chi connectivity index (χ0v) is 9.56. The summed E-state index contributed by atoms with van der Waals surface area (Å²) in [4.78, 5) is 14.1. The van der Waals surface area contributed by atoms with Gasteiger partial charge in [0.15, 0.2) is 0 Å². The largest absolute Gasteiger partial charge is 0.355 e. The first kappa shape index (κ1) is 9.23. The van der Waals surface area contributed by atoms with Crippen LogP contribution in [-0.4, -0.2) is 29.2 Å². The molecule has 4 aliphatic rings. The van der Waals surface area contributed by atoms with Gasteiger partial charge in [-0.25, -0.2) is 0 Å². The fraction of sp³-hybridized carbons (Fsp3) is 0.769. The van der Waals surface area contributed by atoms with Crippen molar-refractivity contribution in [3.05, 3.63) is 12.2 Å². The third kappa shape index (κ3) is 0.915. The van der Waals surface area contributed by atoms with Gasteiger partial charge in [0.1, 0.15) is 5.72 Å². The Kier molecular flexibility index (Phi) is 1.56. The molecule has 2 aliphatic heterocycles. The van der Waals surface area contributed by atoms with Crippen LogP contribution < -0.4 is 0 Å². The van der Waals surface area contributed by atoms with Gasteiger partial charge in [-0.3, -0.25) is 4.79 Å². The highest BCUT2D eigenvalue weighted by Crippen LogP contribution is 2.53. The van der Waals surface area contributed by atoms with E-state index in [0.717, 1.165) is 13.0 Å². The number of nitrogens with zero attached hydrogens (tertiary/aromatic N) is 1. The molecule has 16 heavy (non-hydrogen) atoms. The van der Waals surface area contributed by atoms with Gasteiger partial charge in [-0.15, -0.1) is 0 Å². The van der Waals surface area contributed by atoms with Gasteiger partial charge < -0.3 is 9.64 Å². The predicted molar refractivity (Wildman–Crippen MR) is 58.5 cm³/mol. The summed E-state index contributed by atoms with van der Waals surface area (Å²) >= 11 is 0. The average Bonchev–Trinajstić information content (AvgIpc) is 2.92. The molecule has 0 radical (unpaired) electrons. The third-order valence-corrected chi connectivity index (χ3v) is 5.04. The van der Waals surface area contributed by atoms with Gasteiger partial charge >= 0.3 is 0 Å². The van der Waals surface area contributed by atoms with Crippen LogP contribution in [0.1, 0.15) is 26.2 Å². The lowest BCUT2D eigenvalue weighted by atomic mass is 9.86. The van der Waals surface area contributed by atoms with Crippen LogP contribution in [0, 0.1) is 17.8 Å². The summed E-state index contributed by atoms with van der Waals surface area (Å²) in [6, 6.07) is 0.434. The highest BCUT2D eigenvalue weighted by atomic mass is 16.5. The van der Waals surface area contributed by atoms with Crippen LogP contribution in [-0.2, 0) is 9.53 Å². The first-order chi connectivity index (χ1) is 7.69. The monoisotopic (exact) mass is 219 g/mol. The lowest BCUT2D eigenvalue weighted by molar-refractivity contribution is -0.203. The minimum Gasteiger partial charge on any atom is -0.355 e. The molecule has 3 fully saturated rings. The van der Waals surface area contributed by atoms with E-state index in [-0.39, 0.29) is 5.72 Å². The summed E-state index contributed by atoms with van der Waals surface area (Å²) in [6.07, 6.45) is 7.43. The van der Waals surface area contributed by atoms with Crippen molar-refractivity contribution in [1.29, 1.82) is 0 Å². The molecule has 2 saturated heterocycles. The zero-order chi connectivity index (χ0) is 10.9. The van der Waals surface area contributed by atoms with Gasteiger partial charge in [-0.05, 0) is 25.2 Å². The molecule has 0 aromatic rings. The molecule has 3 heteroatoms. The number of carbonyl (C=O) groups excluding carboxylic acids is 1. The normalized spacial score (nSPS) is 53.3. The Balaban J connectivity index is 1.77. The van der Waals surface area contributed by atoms with E-state index in [1.165, 1.54) is 6.42 Å². The second kappa shape index (κ2) is 2.70. The summed E-state index contributed by atoms with van der Waals surface area (Å²) in [6.45, 7) is 2.93. The number of fused-ring (bicyclic) bond motifs is 7. The highest BCUT2D eigenvalue weighted by molar-refractivity contribution is 5.80. The van der Waals surface area contributed by atoms with Crippen molar-refractivity contribution in [2.75, 3.05) is 6.61 Å². The van der Waals surface area contributed by atoms with Crippen molar-refractivity contribution < 1.29 is 9.53 Å². The van der Waals surface area contributed by atoms with E-state index in [4.69, 9.17) is 4.74 Å². The van der Waals surface area contributed by atoms with Crippen LogP contribution in [0.3, 0.4) is 0 Å². The fourth-order valence-electron chi connectivity index (χ4n) is 4.25. The minimum absolute atomic E-state index is 0.295. The Morgan fingerprint density at radius 2 is 2.25 bits per heavy atom. The van der Waals surface area contributed by atoms with Crippen molar-refractivity contribution in [2.24, 2.45) is 17.8 Å². The van der Waals surface area contributed by atoms with Gasteiger partial charge in [0.2, 0.25) is 5.91 Å². The lowest BCUT2D eigenvalue weighted by Gasteiger charge is -2.49. The maximum Gasteiger partial charge on any atom is 0.225 e. The van der Waals surface area contributed by atoms with Crippen LogP contribution in [0.5, 0.6) is 0 Å². The standard InChI is InChI=1S/C13H17NO2/c1-13-5-4-11(15)14(13)12-9-3-2-8(6-9)10(12)7-16-13/h2-3,8-10,12H,4-7H2,1H3/t8-,9+,10+,12-,13-/m0/s1. The first-order valence-corrected chi connectivity index (χ1v) is 6.33. The van der Waals surface area contributed by atoms with Crippen molar-refractivity contribution in [2.45, 2.75) is 38.0 Å². The van der Waals surface area contributed by atoms with Crippen molar-refractivity contribution in [1.82, 2.24) is 4.90 Å². The van der Waals surface area contributed by atoms with Crippen molar-refractivity contribution in [3.8, 4) is 0 Å².